The Morgan fingerprint density at radius 1 is 1.36 bits per heavy atom. The number of nitrogens with one attached hydrogen (secondary N) is 1. The van der Waals surface area contributed by atoms with Crippen molar-refractivity contribution >= 4 is 46.5 Å². The summed E-state index contributed by atoms with van der Waals surface area (Å²) in [5, 5.41) is 4.53. The average Bonchev–Trinajstić information content (AvgIpc) is 2.54. The molecule has 1 N–H and O–H groups in total. The first-order valence-corrected chi connectivity index (χ1v) is 8.81. The monoisotopic (exact) mass is 402 g/mol. The standard InChI is InChI=1S/C17H20Cl2N2O3S/c1-9(8-23-3)21-10(2)13(16(22)24-4)15(20-17(21)25)14-11(18)6-5-7-12(14)19/h5-7,9,15H,8H2,1-4H3,(H,20,25)/t9-,15-/m1/s1. The lowest BCUT2D eigenvalue weighted by molar-refractivity contribution is -0.136. The van der Waals surface area contributed by atoms with Gasteiger partial charge in [0, 0.05) is 28.4 Å². The van der Waals surface area contributed by atoms with Gasteiger partial charge < -0.3 is 19.7 Å². The normalized spacial score (nSPS) is 18.9. The second-order valence-corrected chi connectivity index (χ2v) is 6.88. The average molecular weight is 403 g/mol. The van der Waals surface area contributed by atoms with Gasteiger partial charge in [-0.2, -0.15) is 0 Å². The van der Waals surface area contributed by atoms with Gasteiger partial charge in [-0.25, -0.2) is 4.79 Å². The van der Waals surface area contributed by atoms with Crippen LogP contribution in [0.5, 0.6) is 0 Å². The number of benzene rings is 1. The highest BCUT2D eigenvalue weighted by atomic mass is 35.5. The second kappa shape index (κ2) is 8.36. The lowest BCUT2D eigenvalue weighted by Crippen LogP contribution is -2.52. The van der Waals surface area contributed by atoms with E-state index in [-0.39, 0.29) is 6.04 Å². The summed E-state index contributed by atoms with van der Waals surface area (Å²) in [4.78, 5) is 14.3. The van der Waals surface area contributed by atoms with Crippen molar-refractivity contribution in [1.29, 1.82) is 0 Å². The Balaban J connectivity index is 2.62. The molecule has 25 heavy (non-hydrogen) atoms. The number of esters is 1. The van der Waals surface area contributed by atoms with E-state index in [2.05, 4.69) is 5.32 Å². The molecular formula is C17H20Cl2N2O3S. The van der Waals surface area contributed by atoms with E-state index in [0.29, 0.717) is 38.6 Å². The number of thiocarbonyl (C=S) groups is 1. The fraction of sp³-hybridized carbons (Fsp3) is 0.412. The molecule has 0 bridgehead atoms. The molecule has 0 unspecified atom stereocenters. The molecule has 0 saturated carbocycles. The van der Waals surface area contributed by atoms with Gasteiger partial charge in [0.05, 0.1) is 31.4 Å². The summed E-state index contributed by atoms with van der Waals surface area (Å²) in [7, 11) is 2.95. The number of rotatable bonds is 5. The van der Waals surface area contributed by atoms with E-state index in [1.165, 1.54) is 7.11 Å². The Morgan fingerprint density at radius 3 is 2.48 bits per heavy atom. The van der Waals surface area contributed by atoms with Crippen LogP contribution in [0, 0.1) is 0 Å². The third-order valence-electron chi connectivity index (χ3n) is 4.07. The molecule has 0 aliphatic carbocycles. The number of hydrogen-bond donors (Lipinski definition) is 1. The molecule has 1 aromatic rings. The van der Waals surface area contributed by atoms with E-state index < -0.39 is 12.0 Å². The maximum Gasteiger partial charge on any atom is 0.337 e. The van der Waals surface area contributed by atoms with Gasteiger partial charge in [0.1, 0.15) is 0 Å². The van der Waals surface area contributed by atoms with Gasteiger partial charge in [0.25, 0.3) is 0 Å². The minimum Gasteiger partial charge on any atom is -0.466 e. The number of allylic oxidation sites excluding steroid dienone is 1. The van der Waals surface area contributed by atoms with E-state index in [9.17, 15) is 4.79 Å². The number of ether oxygens (including phenoxy) is 2. The smallest absolute Gasteiger partial charge is 0.337 e. The third kappa shape index (κ3) is 3.92. The first-order valence-electron chi connectivity index (χ1n) is 7.65. The van der Waals surface area contributed by atoms with Crippen LogP contribution in [0.4, 0.5) is 0 Å². The molecule has 0 amide bonds. The summed E-state index contributed by atoms with van der Waals surface area (Å²) < 4.78 is 10.2. The number of hydrogen-bond acceptors (Lipinski definition) is 4. The maximum absolute atomic E-state index is 12.5. The molecule has 1 aliphatic rings. The molecule has 1 aromatic carbocycles. The molecular weight excluding hydrogens is 383 g/mol. The Hall–Kier alpha value is -1.34. The van der Waals surface area contributed by atoms with Gasteiger partial charge in [0.15, 0.2) is 5.11 Å². The molecule has 0 saturated heterocycles. The first-order chi connectivity index (χ1) is 11.8. The van der Waals surface area contributed by atoms with Crippen molar-refractivity contribution in [3.05, 3.63) is 45.1 Å². The summed E-state index contributed by atoms with van der Waals surface area (Å²) in [5.74, 6) is -0.469. The summed E-state index contributed by atoms with van der Waals surface area (Å²) in [6.07, 6.45) is 0. The maximum atomic E-state index is 12.5. The molecule has 0 fully saturated rings. The lowest BCUT2D eigenvalue weighted by Gasteiger charge is -2.40. The molecule has 0 aromatic heterocycles. The lowest BCUT2D eigenvalue weighted by atomic mass is 9.94. The molecule has 1 heterocycles. The molecule has 136 valence electrons. The third-order valence-corrected chi connectivity index (χ3v) is 5.04. The zero-order chi connectivity index (χ0) is 18.7. The zero-order valence-electron chi connectivity index (χ0n) is 14.4. The van der Waals surface area contributed by atoms with Crippen LogP contribution in [0.15, 0.2) is 29.5 Å². The number of carbonyl (C=O) groups excluding carboxylic acids is 1. The summed E-state index contributed by atoms with van der Waals surface area (Å²) in [6.45, 7) is 4.23. The van der Waals surface area contributed by atoms with E-state index in [4.69, 9.17) is 44.9 Å². The summed E-state index contributed by atoms with van der Waals surface area (Å²) in [6, 6.07) is 4.53. The summed E-state index contributed by atoms with van der Waals surface area (Å²) >= 11 is 18.2. The van der Waals surface area contributed by atoms with E-state index in [0.717, 1.165) is 0 Å². The molecule has 5 nitrogen and oxygen atoms in total. The highest BCUT2D eigenvalue weighted by Crippen LogP contribution is 2.38. The number of methoxy groups -OCH3 is 2. The predicted octanol–water partition coefficient (Wildman–Crippen LogP) is 3.71. The number of nitrogens with zero attached hydrogens (tertiary/aromatic N) is 1. The molecule has 0 spiro atoms. The minimum atomic E-state index is -0.591. The number of carbonyl (C=O) groups is 1. The number of halogens is 2. The van der Waals surface area contributed by atoms with E-state index >= 15 is 0 Å². The quantitative estimate of drug-likeness (QED) is 0.598. The van der Waals surface area contributed by atoms with Gasteiger partial charge in [-0.15, -0.1) is 0 Å². The Bertz CT molecular complexity index is 704. The van der Waals surface area contributed by atoms with Crippen molar-refractivity contribution in [2.24, 2.45) is 0 Å². The van der Waals surface area contributed by atoms with Gasteiger partial charge in [-0.1, -0.05) is 29.3 Å². The van der Waals surface area contributed by atoms with Crippen LogP contribution in [0.1, 0.15) is 25.5 Å². The van der Waals surface area contributed by atoms with Crippen LogP contribution in [0.3, 0.4) is 0 Å². The predicted molar refractivity (Wildman–Crippen MR) is 103 cm³/mol. The fourth-order valence-corrected chi connectivity index (χ4v) is 4.03. The Kier molecular flexibility index (Phi) is 6.68. The fourth-order valence-electron chi connectivity index (χ4n) is 2.98. The van der Waals surface area contributed by atoms with Crippen molar-refractivity contribution < 1.29 is 14.3 Å². The van der Waals surface area contributed by atoms with Gasteiger partial charge in [0.2, 0.25) is 0 Å². The highest BCUT2D eigenvalue weighted by molar-refractivity contribution is 7.80. The molecule has 2 rings (SSSR count). The Labute approximate surface area is 162 Å². The van der Waals surface area contributed by atoms with E-state index in [1.807, 2.05) is 18.7 Å². The van der Waals surface area contributed by atoms with Crippen LogP contribution in [0.2, 0.25) is 10.0 Å². The van der Waals surface area contributed by atoms with Crippen LogP contribution >= 0.6 is 35.4 Å². The van der Waals surface area contributed by atoms with Crippen molar-refractivity contribution in [2.45, 2.75) is 25.9 Å². The van der Waals surface area contributed by atoms with Crippen molar-refractivity contribution in [3.8, 4) is 0 Å². The zero-order valence-corrected chi connectivity index (χ0v) is 16.8. The Morgan fingerprint density at radius 2 is 1.96 bits per heavy atom. The van der Waals surface area contributed by atoms with Crippen LogP contribution in [-0.4, -0.2) is 42.8 Å². The molecule has 2 atom stereocenters. The largest absolute Gasteiger partial charge is 0.466 e. The highest BCUT2D eigenvalue weighted by Gasteiger charge is 2.37. The molecule has 0 radical (unpaired) electrons. The van der Waals surface area contributed by atoms with Crippen molar-refractivity contribution in [3.63, 3.8) is 0 Å². The summed E-state index contributed by atoms with van der Waals surface area (Å²) in [5.41, 5.74) is 1.68. The second-order valence-electron chi connectivity index (χ2n) is 5.68. The molecule has 1 aliphatic heterocycles. The van der Waals surface area contributed by atoms with Gasteiger partial charge >= 0.3 is 5.97 Å². The first kappa shape index (κ1) is 20.0. The van der Waals surface area contributed by atoms with Crippen LogP contribution in [-0.2, 0) is 14.3 Å². The van der Waals surface area contributed by atoms with Gasteiger partial charge in [-0.05, 0) is 38.2 Å². The SMILES string of the molecule is COC[C@@H](C)N1C(=S)N[C@@H](c2c(Cl)cccc2Cl)C(C(=O)OC)=C1C. The topological polar surface area (TPSA) is 50.8 Å². The van der Waals surface area contributed by atoms with Gasteiger partial charge in [-0.3, -0.25) is 0 Å². The minimum absolute atomic E-state index is 0.0627. The molecule has 8 heteroatoms. The van der Waals surface area contributed by atoms with Crippen molar-refractivity contribution in [2.75, 3.05) is 20.8 Å². The van der Waals surface area contributed by atoms with E-state index in [1.54, 1.807) is 25.3 Å². The van der Waals surface area contributed by atoms with Crippen molar-refractivity contribution in [1.82, 2.24) is 10.2 Å². The van der Waals surface area contributed by atoms with Crippen LogP contribution < -0.4 is 5.32 Å². The van der Waals surface area contributed by atoms with Crippen LogP contribution in [0.25, 0.3) is 0 Å².